The Kier molecular flexibility index (Phi) is 10.0. The molecule has 0 fully saturated rings. The summed E-state index contributed by atoms with van der Waals surface area (Å²) in [4.78, 5) is 2.63. The second-order valence-corrected chi connectivity index (χ2v) is 7.35. The third-order valence-electron chi connectivity index (χ3n) is 3.21. The zero-order chi connectivity index (χ0) is 12.4. The minimum atomic E-state index is 0.0703. The molecule has 0 unspecified atom stereocenters. The summed E-state index contributed by atoms with van der Waals surface area (Å²) in [5.41, 5.74) is 1.56. The van der Waals surface area contributed by atoms with Gasteiger partial charge in [-0.15, -0.1) is 0 Å². The van der Waals surface area contributed by atoms with E-state index in [1.54, 1.807) is 10.8 Å². The lowest BCUT2D eigenvalue weighted by Gasteiger charge is -2.20. The highest BCUT2D eigenvalue weighted by Crippen LogP contribution is 2.05. The maximum Gasteiger partial charge on any atom is 0.0491 e. The molecule has 0 aromatic heterocycles. The van der Waals surface area contributed by atoms with E-state index in [0.717, 1.165) is 0 Å². The molecule has 96 valence electrons. The van der Waals surface area contributed by atoms with Crippen LogP contribution in [-0.4, -0.2) is 34.1 Å². The number of hydrogen-bond acceptors (Lipinski definition) is 1. The van der Waals surface area contributed by atoms with Gasteiger partial charge in [-0.3, -0.25) is 0 Å². The second-order valence-electron chi connectivity index (χ2n) is 5.08. The lowest BCUT2D eigenvalue weighted by Crippen LogP contribution is -2.26. The highest BCUT2D eigenvalue weighted by molar-refractivity contribution is 6.45. The molecular weight excluding hydrogens is 210 g/mol. The molecule has 0 bridgehead atoms. The molecule has 0 saturated carbocycles. The molecule has 0 rings (SSSR count). The molecule has 0 aromatic carbocycles. The van der Waals surface area contributed by atoms with Gasteiger partial charge in [0, 0.05) is 9.52 Å². The van der Waals surface area contributed by atoms with Crippen LogP contribution in [0.25, 0.3) is 0 Å². The third kappa shape index (κ3) is 8.11. The van der Waals surface area contributed by atoms with Crippen LogP contribution in [0.1, 0.15) is 53.9 Å². The van der Waals surface area contributed by atoms with Crippen LogP contribution >= 0.6 is 0 Å². The quantitative estimate of drug-likeness (QED) is 0.442. The van der Waals surface area contributed by atoms with Gasteiger partial charge in [0.25, 0.3) is 0 Å². The van der Waals surface area contributed by atoms with Crippen LogP contribution in [0.15, 0.2) is 10.8 Å². The minimum Gasteiger partial charge on any atom is -0.303 e. The van der Waals surface area contributed by atoms with Gasteiger partial charge in [0.1, 0.15) is 0 Å². The van der Waals surface area contributed by atoms with E-state index in [2.05, 4.69) is 39.5 Å². The Morgan fingerprint density at radius 1 is 0.938 bits per heavy atom. The van der Waals surface area contributed by atoms with Crippen LogP contribution in [-0.2, 0) is 0 Å². The lowest BCUT2D eigenvalue weighted by molar-refractivity contribution is 0.275. The molecule has 2 heteroatoms. The summed E-state index contributed by atoms with van der Waals surface area (Å²) < 4.78 is 0. The summed E-state index contributed by atoms with van der Waals surface area (Å²) in [6.45, 7) is 15.3. The molecule has 0 saturated heterocycles. The van der Waals surface area contributed by atoms with Gasteiger partial charge in [0.05, 0.1) is 0 Å². The Balaban J connectivity index is 3.65. The molecule has 0 amide bonds. The summed E-state index contributed by atoms with van der Waals surface area (Å²) >= 11 is 0. The van der Waals surface area contributed by atoms with Gasteiger partial charge < -0.3 is 4.90 Å². The number of hydrogen-bond donors (Lipinski definition) is 0. The van der Waals surface area contributed by atoms with Crippen molar-refractivity contribution < 1.29 is 0 Å². The Morgan fingerprint density at radius 3 is 1.94 bits per heavy atom. The monoisotopic (exact) mass is 241 g/mol. The predicted molar refractivity (Wildman–Crippen MR) is 79.0 cm³/mol. The van der Waals surface area contributed by atoms with Crippen LogP contribution < -0.4 is 0 Å². The van der Waals surface area contributed by atoms with Crippen molar-refractivity contribution in [2.75, 3.05) is 19.6 Å². The first-order valence-corrected chi connectivity index (χ1v) is 8.67. The van der Waals surface area contributed by atoms with E-state index in [-0.39, 0.29) is 9.52 Å². The normalized spacial score (nSPS) is 11.6. The first kappa shape index (κ1) is 15.9. The summed E-state index contributed by atoms with van der Waals surface area (Å²) in [6.07, 6.45) is 4.01. The van der Waals surface area contributed by atoms with Gasteiger partial charge in [-0.05, 0) is 59.7 Å². The number of allylic oxidation sites excluding steroid dienone is 2. The van der Waals surface area contributed by atoms with E-state index in [1.165, 1.54) is 44.9 Å². The highest BCUT2D eigenvalue weighted by atomic mass is 28.2. The van der Waals surface area contributed by atoms with Crippen LogP contribution in [0.2, 0.25) is 6.04 Å². The van der Waals surface area contributed by atoms with E-state index in [9.17, 15) is 0 Å². The van der Waals surface area contributed by atoms with Crippen molar-refractivity contribution in [3.05, 3.63) is 10.8 Å². The van der Waals surface area contributed by atoms with Crippen LogP contribution in [0.3, 0.4) is 0 Å². The van der Waals surface area contributed by atoms with E-state index < -0.39 is 0 Å². The average molecular weight is 241 g/mol. The highest BCUT2D eigenvalue weighted by Gasteiger charge is 2.02. The van der Waals surface area contributed by atoms with Gasteiger partial charge in [-0.2, -0.15) is 0 Å². The van der Waals surface area contributed by atoms with Gasteiger partial charge in [-0.25, -0.2) is 0 Å². The van der Waals surface area contributed by atoms with Gasteiger partial charge in [0.15, 0.2) is 0 Å². The summed E-state index contributed by atoms with van der Waals surface area (Å²) in [5.74, 6) is 0. The second kappa shape index (κ2) is 10.1. The average Bonchev–Trinajstić information content (AvgIpc) is 2.24. The first-order valence-electron chi connectivity index (χ1n) is 6.97. The lowest BCUT2D eigenvalue weighted by atomic mass is 10.3. The third-order valence-corrected chi connectivity index (χ3v) is 5.52. The Hall–Kier alpha value is -0.0831. The number of rotatable bonds is 9. The van der Waals surface area contributed by atoms with E-state index in [1.807, 2.05) is 0 Å². The smallest absolute Gasteiger partial charge is 0.0491 e. The molecule has 0 aliphatic heterocycles. The molecule has 0 aromatic rings. The molecule has 1 nitrogen and oxygen atoms in total. The van der Waals surface area contributed by atoms with Gasteiger partial charge >= 0.3 is 0 Å². The van der Waals surface area contributed by atoms with Crippen molar-refractivity contribution >= 4 is 9.52 Å². The molecule has 0 heterocycles. The Morgan fingerprint density at radius 2 is 1.50 bits per heavy atom. The first-order chi connectivity index (χ1) is 7.61. The van der Waals surface area contributed by atoms with E-state index in [4.69, 9.17) is 0 Å². The topological polar surface area (TPSA) is 3.24 Å². The maximum atomic E-state index is 2.63. The van der Waals surface area contributed by atoms with E-state index in [0.29, 0.717) is 0 Å². The fraction of sp³-hybridized carbons (Fsp3) is 0.857. The Labute approximate surface area is 105 Å². The largest absolute Gasteiger partial charge is 0.303 e. The predicted octanol–water partition coefficient (Wildman–Crippen LogP) is 3.40. The summed E-state index contributed by atoms with van der Waals surface area (Å²) in [6, 6.07) is 1.49. The summed E-state index contributed by atoms with van der Waals surface area (Å²) in [5, 5.41) is 1.72. The zero-order valence-electron chi connectivity index (χ0n) is 12.1. The van der Waals surface area contributed by atoms with Gasteiger partial charge in [-0.1, -0.05) is 30.7 Å². The molecule has 16 heavy (non-hydrogen) atoms. The zero-order valence-corrected chi connectivity index (χ0v) is 13.5. The van der Waals surface area contributed by atoms with Crippen molar-refractivity contribution in [2.45, 2.75) is 59.9 Å². The molecule has 0 aliphatic carbocycles. The van der Waals surface area contributed by atoms with E-state index >= 15 is 0 Å². The van der Waals surface area contributed by atoms with Crippen molar-refractivity contribution in [2.24, 2.45) is 0 Å². The minimum absolute atomic E-state index is 0.0703. The molecule has 0 atom stereocenters. The molecular formula is C14H31NSi. The van der Waals surface area contributed by atoms with Crippen molar-refractivity contribution in [3.63, 3.8) is 0 Å². The fourth-order valence-corrected chi connectivity index (χ4v) is 3.45. The number of nitrogens with zero attached hydrogens (tertiary/aromatic N) is 1. The van der Waals surface area contributed by atoms with Crippen molar-refractivity contribution in [1.82, 2.24) is 4.90 Å². The van der Waals surface area contributed by atoms with Crippen LogP contribution in [0.5, 0.6) is 0 Å². The molecule has 0 aliphatic rings. The van der Waals surface area contributed by atoms with Crippen molar-refractivity contribution in [3.8, 4) is 0 Å². The van der Waals surface area contributed by atoms with Crippen LogP contribution in [0, 0.1) is 0 Å². The SMILES string of the molecule is CCCN(CCC)CCC[SiH2]C(C)=C(C)C. The molecule has 0 spiro atoms. The molecule has 0 N–H and O–H groups in total. The van der Waals surface area contributed by atoms with Gasteiger partial charge in [0.2, 0.25) is 0 Å². The Bertz CT molecular complexity index is 189. The maximum absolute atomic E-state index is 2.63. The van der Waals surface area contributed by atoms with Crippen molar-refractivity contribution in [1.29, 1.82) is 0 Å². The fourth-order valence-electron chi connectivity index (χ4n) is 1.94. The van der Waals surface area contributed by atoms with Crippen LogP contribution in [0.4, 0.5) is 0 Å². The summed E-state index contributed by atoms with van der Waals surface area (Å²) in [7, 11) is 0.0703. The standard InChI is InChI=1S/C14H31NSi/c1-6-9-15(10-7-2)11-8-12-16-14(5)13(3)4/h6-12,16H2,1-5H3. The molecule has 0 radical (unpaired) electrons.